The maximum absolute atomic E-state index is 13.2. The Morgan fingerprint density at radius 2 is 2.17 bits per heavy atom. The molecule has 0 saturated carbocycles. The van der Waals surface area contributed by atoms with Crippen molar-refractivity contribution in [2.45, 2.75) is 6.54 Å². The normalized spacial score (nSPS) is 10.6. The number of carboxylic acid groups (broad SMARTS) is 1. The van der Waals surface area contributed by atoms with Gasteiger partial charge in [0.2, 0.25) is 0 Å². The Balaban J connectivity index is 2.37. The summed E-state index contributed by atoms with van der Waals surface area (Å²) in [6.45, 7) is 0.0255. The van der Waals surface area contributed by atoms with Crippen molar-refractivity contribution in [3.05, 3.63) is 52.0 Å². The summed E-state index contributed by atoms with van der Waals surface area (Å²) in [6, 6.07) is 3.41. The first kappa shape index (κ1) is 12.0. The summed E-state index contributed by atoms with van der Waals surface area (Å²) < 4.78 is 15.6. The molecule has 0 aliphatic heterocycles. The predicted octanol–water partition coefficient (Wildman–Crippen LogP) is 0.467. The molecule has 0 saturated heterocycles. The molecule has 2 aromatic rings. The van der Waals surface area contributed by atoms with Crippen molar-refractivity contribution >= 4 is 5.97 Å². The minimum Gasteiger partial charge on any atom is -0.478 e. The van der Waals surface area contributed by atoms with Crippen LogP contribution in [0.25, 0.3) is 0 Å². The van der Waals surface area contributed by atoms with E-state index in [1.54, 1.807) is 7.05 Å². The molecule has 0 aliphatic rings. The number of carbonyl (C=O) groups is 1. The molecule has 0 atom stereocenters. The molecule has 2 rings (SSSR count). The third kappa shape index (κ3) is 2.29. The Kier molecular flexibility index (Phi) is 2.97. The Hall–Kier alpha value is -2.44. The molecule has 1 N–H and O–H groups in total. The number of benzene rings is 1. The van der Waals surface area contributed by atoms with Crippen molar-refractivity contribution in [2.75, 3.05) is 0 Å². The number of aromatic nitrogens is 3. The summed E-state index contributed by atoms with van der Waals surface area (Å²) in [6.07, 6.45) is 1.33. The molecule has 0 radical (unpaired) electrons. The highest BCUT2D eigenvalue weighted by atomic mass is 19.1. The Morgan fingerprint density at radius 3 is 2.72 bits per heavy atom. The molecule has 94 valence electrons. The Bertz CT molecular complexity index is 660. The first-order valence-corrected chi connectivity index (χ1v) is 5.08. The first-order chi connectivity index (χ1) is 8.47. The van der Waals surface area contributed by atoms with E-state index in [-0.39, 0.29) is 17.8 Å². The van der Waals surface area contributed by atoms with Crippen LogP contribution in [0, 0.1) is 5.82 Å². The van der Waals surface area contributed by atoms with Gasteiger partial charge in [-0.05, 0) is 23.8 Å². The van der Waals surface area contributed by atoms with Crippen molar-refractivity contribution in [1.82, 2.24) is 14.3 Å². The van der Waals surface area contributed by atoms with E-state index in [4.69, 9.17) is 5.11 Å². The van der Waals surface area contributed by atoms with Crippen molar-refractivity contribution in [3.8, 4) is 0 Å². The second-order valence-electron chi connectivity index (χ2n) is 3.84. The quantitative estimate of drug-likeness (QED) is 0.860. The van der Waals surface area contributed by atoms with Gasteiger partial charge in [0.1, 0.15) is 12.1 Å². The van der Waals surface area contributed by atoms with Gasteiger partial charge in [-0.15, -0.1) is 0 Å². The minimum atomic E-state index is -1.22. The monoisotopic (exact) mass is 251 g/mol. The van der Waals surface area contributed by atoms with E-state index in [0.717, 1.165) is 10.7 Å². The highest BCUT2D eigenvalue weighted by Gasteiger charge is 2.09. The van der Waals surface area contributed by atoms with E-state index in [1.165, 1.54) is 23.0 Å². The Morgan fingerprint density at radius 1 is 1.44 bits per heavy atom. The molecule has 1 aromatic heterocycles. The Labute approximate surface area is 101 Å². The van der Waals surface area contributed by atoms with Gasteiger partial charge >= 0.3 is 11.7 Å². The molecular formula is C11H10FN3O3. The van der Waals surface area contributed by atoms with Gasteiger partial charge in [0.25, 0.3) is 0 Å². The van der Waals surface area contributed by atoms with E-state index in [1.807, 2.05) is 0 Å². The predicted molar refractivity (Wildman–Crippen MR) is 59.9 cm³/mol. The number of hydrogen-bond donors (Lipinski definition) is 1. The van der Waals surface area contributed by atoms with E-state index in [2.05, 4.69) is 5.10 Å². The summed E-state index contributed by atoms with van der Waals surface area (Å²) in [7, 11) is 1.54. The molecule has 0 aliphatic carbocycles. The number of carboxylic acids is 1. The van der Waals surface area contributed by atoms with Crippen LogP contribution >= 0.6 is 0 Å². The second-order valence-corrected chi connectivity index (χ2v) is 3.84. The van der Waals surface area contributed by atoms with Crippen LogP contribution in [0.4, 0.5) is 4.39 Å². The smallest absolute Gasteiger partial charge is 0.345 e. The fourth-order valence-corrected chi connectivity index (χ4v) is 1.57. The molecule has 0 unspecified atom stereocenters. The van der Waals surface area contributed by atoms with E-state index in [9.17, 15) is 14.0 Å². The largest absolute Gasteiger partial charge is 0.478 e. The number of halogens is 1. The van der Waals surface area contributed by atoms with Gasteiger partial charge in [0, 0.05) is 7.05 Å². The molecule has 0 spiro atoms. The number of aryl methyl sites for hydroxylation is 1. The summed E-state index contributed by atoms with van der Waals surface area (Å²) in [5, 5.41) is 12.6. The molecule has 0 bridgehead atoms. The fourth-order valence-electron chi connectivity index (χ4n) is 1.57. The third-order valence-electron chi connectivity index (χ3n) is 2.42. The summed E-state index contributed by atoms with van der Waals surface area (Å²) >= 11 is 0. The zero-order valence-electron chi connectivity index (χ0n) is 9.50. The van der Waals surface area contributed by atoms with Gasteiger partial charge in [0.05, 0.1) is 12.1 Å². The zero-order valence-corrected chi connectivity index (χ0v) is 9.50. The molecular weight excluding hydrogens is 241 g/mol. The van der Waals surface area contributed by atoms with Gasteiger partial charge < -0.3 is 5.11 Å². The maximum atomic E-state index is 13.2. The average Bonchev–Trinajstić information content (AvgIpc) is 2.60. The highest BCUT2D eigenvalue weighted by Crippen LogP contribution is 2.10. The third-order valence-corrected chi connectivity index (χ3v) is 2.42. The molecule has 6 nitrogen and oxygen atoms in total. The number of hydrogen-bond acceptors (Lipinski definition) is 3. The van der Waals surface area contributed by atoms with Crippen molar-refractivity contribution in [1.29, 1.82) is 0 Å². The van der Waals surface area contributed by atoms with Gasteiger partial charge in [-0.2, -0.15) is 5.10 Å². The van der Waals surface area contributed by atoms with Crippen LogP contribution < -0.4 is 5.69 Å². The molecule has 0 amide bonds. The number of rotatable bonds is 3. The van der Waals surface area contributed by atoms with E-state index in [0.29, 0.717) is 5.56 Å². The first-order valence-electron chi connectivity index (χ1n) is 5.08. The van der Waals surface area contributed by atoms with Crippen LogP contribution in [-0.4, -0.2) is 25.4 Å². The van der Waals surface area contributed by atoms with Crippen LogP contribution in [-0.2, 0) is 13.6 Å². The van der Waals surface area contributed by atoms with Crippen LogP contribution in [0.1, 0.15) is 15.9 Å². The molecule has 0 fully saturated rings. The SMILES string of the molecule is Cn1cnn(Cc2cc(F)cc(C(=O)O)c2)c1=O. The number of aromatic carboxylic acids is 1. The molecule has 1 aromatic carbocycles. The number of nitrogens with zero attached hydrogens (tertiary/aromatic N) is 3. The molecule has 7 heteroatoms. The standard InChI is InChI=1S/C11H10FN3O3/c1-14-6-13-15(11(14)18)5-7-2-8(10(16)17)4-9(12)3-7/h2-4,6H,5H2,1H3,(H,16,17). The van der Waals surface area contributed by atoms with Crippen LogP contribution in [0.2, 0.25) is 0 Å². The fraction of sp³-hybridized carbons (Fsp3) is 0.182. The summed E-state index contributed by atoms with van der Waals surface area (Å²) in [5.41, 5.74) is -0.140. The van der Waals surface area contributed by atoms with Gasteiger partial charge in [-0.3, -0.25) is 4.57 Å². The lowest BCUT2D eigenvalue weighted by Crippen LogP contribution is -2.23. The lowest BCUT2D eigenvalue weighted by atomic mass is 10.1. The summed E-state index contributed by atoms with van der Waals surface area (Å²) in [5.74, 6) is -1.88. The maximum Gasteiger partial charge on any atom is 0.345 e. The van der Waals surface area contributed by atoms with Gasteiger partial charge in [0.15, 0.2) is 0 Å². The van der Waals surface area contributed by atoms with Crippen LogP contribution in [0.15, 0.2) is 29.3 Å². The zero-order chi connectivity index (χ0) is 13.3. The average molecular weight is 251 g/mol. The van der Waals surface area contributed by atoms with Crippen LogP contribution in [0.5, 0.6) is 0 Å². The van der Waals surface area contributed by atoms with Gasteiger partial charge in [-0.25, -0.2) is 18.7 Å². The van der Waals surface area contributed by atoms with E-state index >= 15 is 0 Å². The van der Waals surface area contributed by atoms with Crippen LogP contribution in [0.3, 0.4) is 0 Å². The molecule has 1 heterocycles. The lowest BCUT2D eigenvalue weighted by Gasteiger charge is -2.03. The van der Waals surface area contributed by atoms with Gasteiger partial charge in [-0.1, -0.05) is 0 Å². The summed E-state index contributed by atoms with van der Waals surface area (Å²) in [4.78, 5) is 22.3. The minimum absolute atomic E-state index is 0.0255. The van der Waals surface area contributed by atoms with E-state index < -0.39 is 11.8 Å². The molecule has 18 heavy (non-hydrogen) atoms. The topological polar surface area (TPSA) is 77.1 Å². The lowest BCUT2D eigenvalue weighted by molar-refractivity contribution is 0.0696. The van der Waals surface area contributed by atoms with Crippen molar-refractivity contribution in [2.24, 2.45) is 7.05 Å². The van der Waals surface area contributed by atoms with Crippen molar-refractivity contribution in [3.63, 3.8) is 0 Å². The highest BCUT2D eigenvalue weighted by molar-refractivity contribution is 5.87. The second kappa shape index (κ2) is 4.44. The van der Waals surface area contributed by atoms with Crippen molar-refractivity contribution < 1.29 is 14.3 Å².